The van der Waals surface area contributed by atoms with Crippen molar-refractivity contribution in [3.63, 3.8) is 0 Å². The molecule has 1 aromatic rings. The summed E-state index contributed by atoms with van der Waals surface area (Å²) in [5.74, 6) is -1.32. The average Bonchev–Trinajstić information content (AvgIpc) is 2.73. The summed E-state index contributed by atoms with van der Waals surface area (Å²) < 4.78 is 4.98. The van der Waals surface area contributed by atoms with Gasteiger partial charge >= 0.3 is 0 Å². The highest BCUT2D eigenvalue weighted by atomic mass is 16.5. The third kappa shape index (κ3) is 2.79. The lowest BCUT2D eigenvalue weighted by Crippen LogP contribution is -2.48. The molecule has 1 aromatic carbocycles. The summed E-state index contributed by atoms with van der Waals surface area (Å²) in [5.41, 5.74) is 0.577. The zero-order chi connectivity index (χ0) is 13.8. The Hall–Kier alpha value is -2.21. The SMILES string of the molecule is COC(C(=O)Nc1ccccc1)N1C(=O)CCC1=O. The van der Waals surface area contributed by atoms with Crippen LogP contribution in [0.5, 0.6) is 0 Å². The van der Waals surface area contributed by atoms with Gasteiger partial charge in [-0.1, -0.05) is 18.2 Å². The largest absolute Gasteiger partial charge is 0.352 e. The molecule has 1 N–H and O–H groups in total. The molecule has 1 saturated heterocycles. The van der Waals surface area contributed by atoms with Gasteiger partial charge in [0.1, 0.15) is 0 Å². The molecular formula is C13H14N2O4. The maximum Gasteiger partial charge on any atom is 0.275 e. The molecule has 0 aliphatic carbocycles. The second-order valence-corrected chi connectivity index (χ2v) is 4.10. The zero-order valence-electron chi connectivity index (χ0n) is 10.5. The molecule has 1 fully saturated rings. The number of likely N-dealkylation sites (tertiary alicyclic amines) is 1. The van der Waals surface area contributed by atoms with Gasteiger partial charge in [0.15, 0.2) is 0 Å². The number of benzene rings is 1. The van der Waals surface area contributed by atoms with E-state index in [1.165, 1.54) is 7.11 Å². The zero-order valence-corrected chi connectivity index (χ0v) is 10.5. The topological polar surface area (TPSA) is 75.7 Å². The van der Waals surface area contributed by atoms with Crippen LogP contribution in [0.1, 0.15) is 12.8 Å². The van der Waals surface area contributed by atoms with Crippen LogP contribution in [0.4, 0.5) is 5.69 Å². The van der Waals surface area contributed by atoms with Crippen molar-refractivity contribution in [2.24, 2.45) is 0 Å². The number of rotatable bonds is 4. The van der Waals surface area contributed by atoms with E-state index in [1.54, 1.807) is 24.3 Å². The molecule has 1 atom stereocenters. The van der Waals surface area contributed by atoms with E-state index in [4.69, 9.17) is 4.74 Å². The number of amides is 3. The summed E-state index contributed by atoms with van der Waals surface area (Å²) in [7, 11) is 1.29. The Bertz CT molecular complexity index is 485. The predicted molar refractivity (Wildman–Crippen MR) is 67.0 cm³/mol. The molecule has 0 aromatic heterocycles. The summed E-state index contributed by atoms with van der Waals surface area (Å²) in [4.78, 5) is 36.1. The molecule has 1 aliphatic rings. The Kier molecular flexibility index (Phi) is 3.91. The van der Waals surface area contributed by atoms with Crippen molar-refractivity contribution >= 4 is 23.4 Å². The van der Waals surface area contributed by atoms with Crippen LogP contribution in [0.15, 0.2) is 30.3 Å². The van der Waals surface area contributed by atoms with Gasteiger partial charge in [0.2, 0.25) is 18.0 Å². The molecule has 0 spiro atoms. The molecule has 100 valence electrons. The number of nitrogens with zero attached hydrogens (tertiary/aromatic N) is 1. The van der Waals surface area contributed by atoms with Gasteiger partial charge in [-0.25, -0.2) is 4.90 Å². The van der Waals surface area contributed by atoms with E-state index in [0.717, 1.165) is 4.90 Å². The van der Waals surface area contributed by atoms with Gasteiger partial charge in [0, 0.05) is 25.6 Å². The van der Waals surface area contributed by atoms with Crippen LogP contribution in [-0.4, -0.2) is 36.0 Å². The van der Waals surface area contributed by atoms with Gasteiger partial charge < -0.3 is 10.1 Å². The number of para-hydroxylation sites is 1. The molecule has 1 heterocycles. The van der Waals surface area contributed by atoms with Crippen molar-refractivity contribution in [2.75, 3.05) is 12.4 Å². The molecule has 19 heavy (non-hydrogen) atoms. The second-order valence-electron chi connectivity index (χ2n) is 4.10. The number of hydrogen-bond acceptors (Lipinski definition) is 4. The van der Waals surface area contributed by atoms with E-state index in [-0.39, 0.29) is 24.7 Å². The minimum absolute atomic E-state index is 0.122. The monoisotopic (exact) mass is 262 g/mol. The van der Waals surface area contributed by atoms with E-state index < -0.39 is 12.1 Å². The van der Waals surface area contributed by atoms with Crippen molar-refractivity contribution in [3.05, 3.63) is 30.3 Å². The number of methoxy groups -OCH3 is 1. The van der Waals surface area contributed by atoms with Gasteiger partial charge in [0.05, 0.1) is 0 Å². The van der Waals surface area contributed by atoms with Crippen molar-refractivity contribution in [3.8, 4) is 0 Å². The molecule has 2 rings (SSSR count). The van der Waals surface area contributed by atoms with Crippen molar-refractivity contribution in [2.45, 2.75) is 19.1 Å². The standard InChI is InChI=1S/C13H14N2O4/c1-19-13(15-10(16)7-8-11(15)17)12(18)14-9-5-3-2-4-6-9/h2-6,13H,7-8H2,1H3,(H,14,18). The maximum atomic E-state index is 12.0. The van der Waals surface area contributed by atoms with Crippen LogP contribution in [-0.2, 0) is 19.1 Å². The molecule has 0 saturated carbocycles. The molecule has 6 heteroatoms. The van der Waals surface area contributed by atoms with E-state index in [9.17, 15) is 14.4 Å². The highest BCUT2D eigenvalue weighted by molar-refractivity contribution is 6.07. The van der Waals surface area contributed by atoms with E-state index in [0.29, 0.717) is 5.69 Å². The minimum Gasteiger partial charge on any atom is -0.352 e. The van der Waals surface area contributed by atoms with Crippen molar-refractivity contribution < 1.29 is 19.1 Å². The number of ether oxygens (including phenoxy) is 1. The van der Waals surface area contributed by atoms with E-state index in [1.807, 2.05) is 6.07 Å². The lowest BCUT2D eigenvalue weighted by molar-refractivity contribution is -0.158. The smallest absolute Gasteiger partial charge is 0.275 e. The third-order valence-electron chi connectivity index (χ3n) is 2.81. The first kappa shape index (κ1) is 13.2. The Morgan fingerprint density at radius 2 is 1.79 bits per heavy atom. The van der Waals surface area contributed by atoms with Crippen LogP contribution in [0, 0.1) is 0 Å². The minimum atomic E-state index is -1.22. The first-order valence-corrected chi connectivity index (χ1v) is 5.87. The van der Waals surface area contributed by atoms with Gasteiger partial charge in [-0.3, -0.25) is 14.4 Å². The summed E-state index contributed by atoms with van der Waals surface area (Å²) in [6.45, 7) is 0. The molecule has 1 unspecified atom stereocenters. The highest BCUT2D eigenvalue weighted by Gasteiger charge is 2.39. The first-order valence-electron chi connectivity index (χ1n) is 5.87. The highest BCUT2D eigenvalue weighted by Crippen LogP contribution is 2.17. The number of nitrogens with one attached hydrogen (secondary N) is 1. The lowest BCUT2D eigenvalue weighted by atomic mass is 10.3. The van der Waals surface area contributed by atoms with Crippen molar-refractivity contribution in [1.82, 2.24) is 4.90 Å². The van der Waals surface area contributed by atoms with Gasteiger partial charge in [0.25, 0.3) is 5.91 Å². The van der Waals surface area contributed by atoms with Gasteiger partial charge in [-0.05, 0) is 12.1 Å². The summed E-state index contributed by atoms with van der Waals surface area (Å²) in [6.07, 6.45) is -0.975. The fourth-order valence-corrected chi connectivity index (χ4v) is 1.91. The van der Waals surface area contributed by atoms with Crippen LogP contribution in [0.25, 0.3) is 0 Å². The number of imide groups is 1. The molecular weight excluding hydrogens is 248 g/mol. The predicted octanol–water partition coefficient (Wildman–Crippen LogP) is 0.747. The molecule has 3 amide bonds. The maximum absolute atomic E-state index is 12.0. The Labute approximate surface area is 110 Å². The molecule has 6 nitrogen and oxygen atoms in total. The summed E-state index contributed by atoms with van der Waals surface area (Å²) in [5, 5.41) is 2.60. The summed E-state index contributed by atoms with van der Waals surface area (Å²) >= 11 is 0. The third-order valence-corrected chi connectivity index (χ3v) is 2.81. The fourth-order valence-electron chi connectivity index (χ4n) is 1.91. The number of hydrogen-bond donors (Lipinski definition) is 1. The number of carbonyl (C=O) groups is 3. The van der Waals surface area contributed by atoms with Gasteiger partial charge in [-0.15, -0.1) is 0 Å². The molecule has 0 radical (unpaired) electrons. The van der Waals surface area contributed by atoms with E-state index >= 15 is 0 Å². The average molecular weight is 262 g/mol. The van der Waals surface area contributed by atoms with Crippen LogP contribution < -0.4 is 5.32 Å². The quantitative estimate of drug-likeness (QED) is 0.812. The van der Waals surface area contributed by atoms with Crippen LogP contribution in [0.3, 0.4) is 0 Å². The Morgan fingerprint density at radius 1 is 1.21 bits per heavy atom. The fraction of sp³-hybridized carbons (Fsp3) is 0.308. The van der Waals surface area contributed by atoms with E-state index in [2.05, 4.69) is 5.32 Å². The Balaban J connectivity index is 2.11. The van der Waals surface area contributed by atoms with Crippen LogP contribution in [0.2, 0.25) is 0 Å². The van der Waals surface area contributed by atoms with Gasteiger partial charge in [-0.2, -0.15) is 0 Å². The Morgan fingerprint density at radius 3 is 2.32 bits per heavy atom. The normalized spacial score (nSPS) is 16.6. The van der Waals surface area contributed by atoms with Crippen molar-refractivity contribution in [1.29, 1.82) is 0 Å². The van der Waals surface area contributed by atoms with Crippen LogP contribution >= 0.6 is 0 Å². The first-order chi connectivity index (χ1) is 9.13. The molecule has 0 bridgehead atoms. The molecule has 1 aliphatic heterocycles. The lowest BCUT2D eigenvalue weighted by Gasteiger charge is -2.23. The summed E-state index contributed by atoms with van der Waals surface area (Å²) in [6, 6.07) is 8.76. The number of carbonyl (C=O) groups excluding carboxylic acids is 3. The second kappa shape index (κ2) is 5.62. The number of anilines is 1.